The topological polar surface area (TPSA) is 3.24 Å². The van der Waals surface area contributed by atoms with Gasteiger partial charge in [0.05, 0.1) is 0 Å². The zero-order chi connectivity index (χ0) is 21.4. The van der Waals surface area contributed by atoms with Crippen LogP contribution in [0.3, 0.4) is 0 Å². The first-order chi connectivity index (χ1) is 14.3. The van der Waals surface area contributed by atoms with E-state index in [1.807, 2.05) is 0 Å². The highest BCUT2D eigenvalue weighted by atomic mass is 15.1. The average molecular weight is 410 g/mol. The standard InChI is InChI=1S/C28H59N/c1-5-9-12-14-16-18-20-22-25-29(27-28(8-4)24-11-7-3)26-23-21-19-17-15-13-10-6-2/h28H,5-27H2,1-4H3. The minimum Gasteiger partial charge on any atom is -0.303 e. The number of rotatable bonds is 24. The van der Waals surface area contributed by atoms with Gasteiger partial charge in [0.25, 0.3) is 0 Å². The van der Waals surface area contributed by atoms with Crippen molar-refractivity contribution < 1.29 is 0 Å². The lowest BCUT2D eigenvalue weighted by Gasteiger charge is -2.27. The average Bonchev–Trinajstić information content (AvgIpc) is 2.74. The Kier molecular flexibility index (Phi) is 24.2. The van der Waals surface area contributed by atoms with Crippen LogP contribution in [0.2, 0.25) is 0 Å². The molecule has 0 fully saturated rings. The molecule has 0 aliphatic rings. The molecule has 0 radical (unpaired) electrons. The Morgan fingerprint density at radius 3 is 1.21 bits per heavy atom. The Morgan fingerprint density at radius 2 is 0.828 bits per heavy atom. The van der Waals surface area contributed by atoms with Crippen molar-refractivity contribution in [2.75, 3.05) is 19.6 Å². The fourth-order valence-electron chi connectivity index (χ4n) is 4.52. The molecule has 0 bridgehead atoms. The normalized spacial score (nSPS) is 12.7. The third kappa shape index (κ3) is 21.0. The molecule has 29 heavy (non-hydrogen) atoms. The molecule has 0 saturated carbocycles. The summed E-state index contributed by atoms with van der Waals surface area (Å²) < 4.78 is 0. The molecule has 0 spiro atoms. The second-order valence-electron chi connectivity index (χ2n) is 9.67. The second-order valence-corrected chi connectivity index (χ2v) is 9.67. The quantitative estimate of drug-likeness (QED) is 0.143. The first-order valence-electron chi connectivity index (χ1n) is 14.0. The van der Waals surface area contributed by atoms with Crippen LogP contribution in [0.15, 0.2) is 0 Å². The van der Waals surface area contributed by atoms with Gasteiger partial charge in [0, 0.05) is 6.54 Å². The fraction of sp³-hybridized carbons (Fsp3) is 1.00. The van der Waals surface area contributed by atoms with Crippen molar-refractivity contribution in [3.8, 4) is 0 Å². The number of unbranched alkanes of at least 4 members (excludes halogenated alkanes) is 15. The van der Waals surface area contributed by atoms with Crippen LogP contribution in [0.25, 0.3) is 0 Å². The van der Waals surface area contributed by atoms with E-state index in [2.05, 4.69) is 32.6 Å². The third-order valence-corrected chi connectivity index (χ3v) is 6.72. The highest BCUT2D eigenvalue weighted by Gasteiger charge is 2.12. The van der Waals surface area contributed by atoms with Crippen LogP contribution in [0.5, 0.6) is 0 Å². The molecular weight excluding hydrogens is 350 g/mol. The van der Waals surface area contributed by atoms with Crippen LogP contribution in [-0.4, -0.2) is 24.5 Å². The van der Waals surface area contributed by atoms with Crippen LogP contribution >= 0.6 is 0 Å². The maximum Gasteiger partial charge on any atom is 0.000955 e. The molecule has 0 aromatic carbocycles. The predicted octanol–water partition coefficient (Wildman–Crippen LogP) is 9.79. The van der Waals surface area contributed by atoms with Gasteiger partial charge in [-0.3, -0.25) is 0 Å². The van der Waals surface area contributed by atoms with E-state index in [0.717, 1.165) is 5.92 Å². The van der Waals surface area contributed by atoms with Crippen LogP contribution < -0.4 is 0 Å². The first-order valence-corrected chi connectivity index (χ1v) is 14.0. The summed E-state index contributed by atoms with van der Waals surface area (Å²) in [6.07, 6.45) is 28.6. The van der Waals surface area contributed by atoms with Crippen LogP contribution in [0.4, 0.5) is 0 Å². The van der Waals surface area contributed by atoms with Crippen molar-refractivity contribution in [1.29, 1.82) is 0 Å². The maximum atomic E-state index is 2.85. The van der Waals surface area contributed by atoms with E-state index >= 15 is 0 Å². The molecular formula is C28H59N. The summed E-state index contributed by atoms with van der Waals surface area (Å²) in [6.45, 7) is 13.4. The van der Waals surface area contributed by atoms with E-state index in [1.54, 1.807) is 0 Å². The van der Waals surface area contributed by atoms with Gasteiger partial charge in [0.2, 0.25) is 0 Å². The van der Waals surface area contributed by atoms with Crippen molar-refractivity contribution in [2.24, 2.45) is 5.92 Å². The van der Waals surface area contributed by atoms with Crippen LogP contribution in [-0.2, 0) is 0 Å². The third-order valence-electron chi connectivity index (χ3n) is 6.72. The fourth-order valence-corrected chi connectivity index (χ4v) is 4.52. The molecule has 0 heterocycles. The molecule has 0 aliphatic carbocycles. The van der Waals surface area contributed by atoms with Gasteiger partial charge in [0.1, 0.15) is 0 Å². The van der Waals surface area contributed by atoms with E-state index in [0.29, 0.717) is 0 Å². The minimum atomic E-state index is 0.929. The molecule has 0 saturated heterocycles. The number of nitrogens with zero attached hydrogens (tertiary/aromatic N) is 1. The summed E-state index contributed by atoms with van der Waals surface area (Å²) in [5.74, 6) is 0.929. The van der Waals surface area contributed by atoms with Gasteiger partial charge >= 0.3 is 0 Å². The predicted molar refractivity (Wildman–Crippen MR) is 135 cm³/mol. The lowest BCUT2D eigenvalue weighted by Crippen LogP contribution is -2.31. The molecule has 1 nitrogen and oxygen atoms in total. The van der Waals surface area contributed by atoms with Gasteiger partial charge < -0.3 is 4.90 Å². The van der Waals surface area contributed by atoms with Crippen molar-refractivity contribution in [3.63, 3.8) is 0 Å². The van der Waals surface area contributed by atoms with E-state index in [1.165, 1.54) is 148 Å². The molecule has 0 N–H and O–H groups in total. The zero-order valence-electron chi connectivity index (χ0n) is 21.3. The smallest absolute Gasteiger partial charge is 0.000955 e. The summed E-state index contributed by atoms with van der Waals surface area (Å²) in [7, 11) is 0. The summed E-state index contributed by atoms with van der Waals surface area (Å²) in [4.78, 5) is 2.85. The highest BCUT2D eigenvalue weighted by Crippen LogP contribution is 2.17. The SMILES string of the molecule is CCCCCCCCCCN(CCCCCCCCCC)CC(CC)CCCC. The summed E-state index contributed by atoms with van der Waals surface area (Å²) in [5, 5.41) is 0. The zero-order valence-corrected chi connectivity index (χ0v) is 21.3. The Bertz CT molecular complexity index is 268. The van der Waals surface area contributed by atoms with Crippen LogP contribution in [0.1, 0.15) is 156 Å². The summed E-state index contributed by atoms with van der Waals surface area (Å²) >= 11 is 0. The van der Waals surface area contributed by atoms with Crippen LogP contribution in [0, 0.1) is 5.92 Å². The molecule has 0 rings (SSSR count). The Labute approximate surface area is 186 Å². The van der Waals surface area contributed by atoms with Gasteiger partial charge in [-0.15, -0.1) is 0 Å². The largest absolute Gasteiger partial charge is 0.303 e. The monoisotopic (exact) mass is 409 g/mol. The minimum absolute atomic E-state index is 0.929. The molecule has 176 valence electrons. The number of hydrogen-bond donors (Lipinski definition) is 0. The van der Waals surface area contributed by atoms with E-state index in [9.17, 15) is 0 Å². The Hall–Kier alpha value is -0.0400. The Morgan fingerprint density at radius 1 is 0.448 bits per heavy atom. The summed E-state index contributed by atoms with van der Waals surface area (Å²) in [5.41, 5.74) is 0. The molecule has 1 unspecified atom stereocenters. The second kappa shape index (κ2) is 24.2. The van der Waals surface area contributed by atoms with Gasteiger partial charge in [0.15, 0.2) is 0 Å². The van der Waals surface area contributed by atoms with E-state index in [4.69, 9.17) is 0 Å². The number of hydrogen-bond acceptors (Lipinski definition) is 1. The van der Waals surface area contributed by atoms with Crippen molar-refractivity contribution in [1.82, 2.24) is 4.90 Å². The van der Waals surface area contributed by atoms with Gasteiger partial charge in [-0.25, -0.2) is 0 Å². The molecule has 0 aromatic heterocycles. The summed E-state index contributed by atoms with van der Waals surface area (Å²) in [6, 6.07) is 0. The van der Waals surface area contributed by atoms with E-state index < -0.39 is 0 Å². The molecule has 1 heteroatoms. The van der Waals surface area contributed by atoms with Crippen molar-refractivity contribution >= 4 is 0 Å². The van der Waals surface area contributed by atoms with Crippen molar-refractivity contribution in [2.45, 2.75) is 156 Å². The highest BCUT2D eigenvalue weighted by molar-refractivity contribution is 4.66. The van der Waals surface area contributed by atoms with Gasteiger partial charge in [-0.05, 0) is 38.3 Å². The molecule has 0 aromatic rings. The van der Waals surface area contributed by atoms with Crippen molar-refractivity contribution in [3.05, 3.63) is 0 Å². The van der Waals surface area contributed by atoms with Gasteiger partial charge in [-0.1, -0.05) is 137 Å². The molecule has 0 amide bonds. The Balaban J connectivity index is 4.02. The first kappa shape index (κ1) is 29.0. The van der Waals surface area contributed by atoms with E-state index in [-0.39, 0.29) is 0 Å². The molecule has 0 aliphatic heterocycles. The molecule has 1 atom stereocenters. The lowest BCUT2D eigenvalue weighted by molar-refractivity contribution is 0.210. The maximum absolute atomic E-state index is 2.85. The lowest BCUT2D eigenvalue weighted by atomic mass is 9.98. The van der Waals surface area contributed by atoms with Gasteiger partial charge in [-0.2, -0.15) is 0 Å².